The quantitative estimate of drug-likeness (QED) is 0.491. The minimum atomic E-state index is -0.295. The third kappa shape index (κ3) is 7.76. The molecule has 0 aliphatic heterocycles. The maximum atomic E-state index is 9.13. The molecule has 0 aliphatic rings. The summed E-state index contributed by atoms with van der Waals surface area (Å²) in [6.45, 7) is 7.27. The molecule has 0 aromatic carbocycles. The Bertz CT molecular complexity index is 126. The number of rotatable bonds is 6. The van der Waals surface area contributed by atoms with Gasteiger partial charge in [0.05, 0.1) is 19.3 Å². The van der Waals surface area contributed by atoms with E-state index in [0.29, 0.717) is 13.2 Å². The molecule has 0 saturated carbocycles. The predicted molar refractivity (Wildman–Crippen MR) is 51.2 cm³/mol. The van der Waals surface area contributed by atoms with Crippen LogP contribution in [0.15, 0.2) is 11.6 Å². The van der Waals surface area contributed by atoms with E-state index in [1.807, 2.05) is 6.92 Å². The van der Waals surface area contributed by atoms with Crippen LogP contribution in [0.4, 0.5) is 0 Å². The van der Waals surface area contributed by atoms with E-state index in [1.54, 1.807) is 0 Å². The summed E-state index contributed by atoms with van der Waals surface area (Å²) in [7, 11) is 0. The van der Waals surface area contributed by atoms with E-state index in [-0.39, 0.29) is 6.10 Å². The van der Waals surface area contributed by atoms with E-state index in [1.165, 1.54) is 5.57 Å². The van der Waals surface area contributed by atoms with Crippen LogP contribution in [-0.4, -0.2) is 24.4 Å². The summed E-state index contributed by atoms with van der Waals surface area (Å²) in [6, 6.07) is 0. The molecule has 2 heteroatoms. The number of ether oxygens (including phenoxy) is 1. The summed E-state index contributed by atoms with van der Waals surface area (Å²) >= 11 is 0. The number of allylic oxidation sites excluding steroid dienone is 1. The largest absolute Gasteiger partial charge is 0.391 e. The molecule has 1 atom stereocenters. The van der Waals surface area contributed by atoms with Crippen molar-refractivity contribution in [1.29, 1.82) is 0 Å². The minimum absolute atomic E-state index is 0.295. The fraction of sp³-hybridized carbons (Fsp3) is 0.800. The molecule has 0 aromatic heterocycles. The third-order valence-electron chi connectivity index (χ3n) is 1.60. The fourth-order valence-electron chi connectivity index (χ4n) is 0.768. The van der Waals surface area contributed by atoms with E-state index >= 15 is 0 Å². The van der Waals surface area contributed by atoms with E-state index in [0.717, 1.165) is 12.8 Å². The second-order valence-electron chi connectivity index (χ2n) is 3.21. The van der Waals surface area contributed by atoms with Crippen molar-refractivity contribution in [2.75, 3.05) is 13.2 Å². The topological polar surface area (TPSA) is 29.5 Å². The standard InChI is InChI=1S/C10H20O2/c1-4-10(11)8-12-7-5-6-9(2)3/h6,10-11H,4-5,7-8H2,1-3H3. The molecule has 0 spiro atoms. The van der Waals surface area contributed by atoms with Crippen LogP contribution in [0.1, 0.15) is 33.6 Å². The normalized spacial score (nSPS) is 12.7. The smallest absolute Gasteiger partial charge is 0.0771 e. The Balaban J connectivity index is 3.16. The number of aliphatic hydroxyl groups is 1. The van der Waals surface area contributed by atoms with Crippen LogP contribution >= 0.6 is 0 Å². The number of hydrogen-bond donors (Lipinski definition) is 1. The molecule has 1 unspecified atom stereocenters. The zero-order chi connectivity index (χ0) is 9.40. The lowest BCUT2D eigenvalue weighted by Gasteiger charge is -2.07. The first-order chi connectivity index (χ1) is 5.66. The highest BCUT2D eigenvalue weighted by atomic mass is 16.5. The summed E-state index contributed by atoms with van der Waals surface area (Å²) in [5, 5.41) is 9.13. The van der Waals surface area contributed by atoms with Crippen molar-refractivity contribution in [2.24, 2.45) is 0 Å². The Labute approximate surface area is 75.2 Å². The average molecular weight is 172 g/mol. The van der Waals surface area contributed by atoms with Crippen LogP contribution in [0, 0.1) is 0 Å². The Morgan fingerprint density at radius 3 is 2.67 bits per heavy atom. The lowest BCUT2D eigenvalue weighted by molar-refractivity contribution is 0.0370. The van der Waals surface area contributed by atoms with Crippen molar-refractivity contribution in [3.63, 3.8) is 0 Å². The molecule has 0 amide bonds. The Kier molecular flexibility index (Phi) is 7.11. The summed E-state index contributed by atoms with van der Waals surface area (Å²) < 4.78 is 5.24. The van der Waals surface area contributed by atoms with Crippen molar-refractivity contribution in [1.82, 2.24) is 0 Å². The molecule has 0 radical (unpaired) electrons. The second-order valence-corrected chi connectivity index (χ2v) is 3.21. The molecule has 0 bridgehead atoms. The number of hydrogen-bond acceptors (Lipinski definition) is 2. The summed E-state index contributed by atoms with van der Waals surface area (Å²) in [6.07, 6.45) is 3.55. The van der Waals surface area contributed by atoms with Gasteiger partial charge in [-0.25, -0.2) is 0 Å². The molecule has 0 fully saturated rings. The Hall–Kier alpha value is -0.340. The van der Waals surface area contributed by atoms with Crippen LogP contribution < -0.4 is 0 Å². The zero-order valence-electron chi connectivity index (χ0n) is 8.34. The lowest BCUT2D eigenvalue weighted by Crippen LogP contribution is -2.13. The highest BCUT2D eigenvalue weighted by Gasteiger charge is 1.98. The van der Waals surface area contributed by atoms with E-state index in [9.17, 15) is 0 Å². The van der Waals surface area contributed by atoms with Crippen molar-refractivity contribution in [3.05, 3.63) is 11.6 Å². The first-order valence-electron chi connectivity index (χ1n) is 4.56. The van der Waals surface area contributed by atoms with Gasteiger partial charge in [0.1, 0.15) is 0 Å². The van der Waals surface area contributed by atoms with Crippen molar-refractivity contribution in [2.45, 2.75) is 39.7 Å². The van der Waals surface area contributed by atoms with Gasteiger partial charge in [-0.1, -0.05) is 18.6 Å². The molecule has 0 saturated heterocycles. The fourth-order valence-corrected chi connectivity index (χ4v) is 0.768. The maximum absolute atomic E-state index is 9.13. The zero-order valence-corrected chi connectivity index (χ0v) is 8.34. The molecule has 72 valence electrons. The lowest BCUT2D eigenvalue weighted by atomic mass is 10.3. The van der Waals surface area contributed by atoms with E-state index in [4.69, 9.17) is 9.84 Å². The van der Waals surface area contributed by atoms with Crippen molar-refractivity contribution < 1.29 is 9.84 Å². The van der Waals surface area contributed by atoms with Crippen molar-refractivity contribution >= 4 is 0 Å². The monoisotopic (exact) mass is 172 g/mol. The highest BCUT2D eigenvalue weighted by Crippen LogP contribution is 1.95. The van der Waals surface area contributed by atoms with Gasteiger partial charge in [-0.15, -0.1) is 0 Å². The van der Waals surface area contributed by atoms with Gasteiger partial charge >= 0.3 is 0 Å². The molecule has 0 heterocycles. The highest BCUT2D eigenvalue weighted by molar-refractivity contribution is 4.92. The van der Waals surface area contributed by atoms with Crippen LogP contribution in [0.5, 0.6) is 0 Å². The molecular weight excluding hydrogens is 152 g/mol. The predicted octanol–water partition coefficient (Wildman–Crippen LogP) is 2.13. The summed E-state index contributed by atoms with van der Waals surface area (Å²) in [5.74, 6) is 0. The molecule has 2 nitrogen and oxygen atoms in total. The average Bonchev–Trinajstić information content (AvgIpc) is 2.03. The molecule has 0 aliphatic carbocycles. The maximum Gasteiger partial charge on any atom is 0.0771 e. The van der Waals surface area contributed by atoms with Gasteiger partial charge in [-0.2, -0.15) is 0 Å². The van der Waals surface area contributed by atoms with Gasteiger partial charge in [0.25, 0.3) is 0 Å². The summed E-state index contributed by atoms with van der Waals surface area (Å²) in [5.41, 5.74) is 1.31. The first-order valence-corrected chi connectivity index (χ1v) is 4.56. The second kappa shape index (κ2) is 7.32. The van der Waals surface area contributed by atoms with Crippen molar-refractivity contribution in [3.8, 4) is 0 Å². The van der Waals surface area contributed by atoms with Gasteiger partial charge in [0.2, 0.25) is 0 Å². The first kappa shape index (κ1) is 11.7. The van der Waals surface area contributed by atoms with Gasteiger partial charge < -0.3 is 9.84 Å². The number of aliphatic hydroxyl groups excluding tert-OH is 1. The van der Waals surface area contributed by atoms with Gasteiger partial charge in [0.15, 0.2) is 0 Å². The summed E-state index contributed by atoms with van der Waals surface area (Å²) in [4.78, 5) is 0. The van der Waals surface area contributed by atoms with Gasteiger partial charge in [-0.3, -0.25) is 0 Å². The third-order valence-corrected chi connectivity index (χ3v) is 1.60. The van der Waals surface area contributed by atoms with Crippen LogP contribution in [0.2, 0.25) is 0 Å². The molecule has 0 rings (SSSR count). The Morgan fingerprint density at radius 2 is 2.17 bits per heavy atom. The van der Waals surface area contributed by atoms with Crippen LogP contribution in [0.25, 0.3) is 0 Å². The molecule has 12 heavy (non-hydrogen) atoms. The molecular formula is C10H20O2. The van der Waals surface area contributed by atoms with Gasteiger partial charge in [-0.05, 0) is 26.7 Å². The molecule has 1 N–H and O–H groups in total. The van der Waals surface area contributed by atoms with E-state index in [2.05, 4.69) is 19.9 Å². The molecule has 0 aromatic rings. The van der Waals surface area contributed by atoms with E-state index < -0.39 is 0 Å². The van der Waals surface area contributed by atoms with Gasteiger partial charge in [0, 0.05) is 0 Å². The van der Waals surface area contributed by atoms with Crippen LogP contribution in [0.3, 0.4) is 0 Å². The SMILES string of the molecule is CCC(O)COCCC=C(C)C. The minimum Gasteiger partial charge on any atom is -0.391 e. The Morgan fingerprint density at radius 1 is 1.50 bits per heavy atom. The van der Waals surface area contributed by atoms with Crippen LogP contribution in [-0.2, 0) is 4.74 Å².